The summed E-state index contributed by atoms with van der Waals surface area (Å²) in [6.07, 6.45) is 3.91. The largest absolute Gasteiger partial charge is 0.333 e. The highest BCUT2D eigenvalue weighted by Crippen LogP contribution is 2.27. The van der Waals surface area contributed by atoms with Crippen molar-refractivity contribution in [2.24, 2.45) is 7.05 Å². The average Bonchev–Trinajstić information content (AvgIpc) is 3.16. The first kappa shape index (κ1) is 18.7. The standard InChI is InChI=1S/C19H19FN8O/c1-12-7-8-28(19-24-26-27(2)25-19)11-14(12)16-9-22-17(10-21-16)23-18(29)13-5-3-4-6-15(13)20/h3-6,9-10H,7-8,11H2,1-2H3,(H,22,23,29). The van der Waals surface area contributed by atoms with Crippen LogP contribution in [0.3, 0.4) is 0 Å². The van der Waals surface area contributed by atoms with Crippen molar-refractivity contribution in [2.45, 2.75) is 13.3 Å². The zero-order valence-corrected chi connectivity index (χ0v) is 16.0. The van der Waals surface area contributed by atoms with Crippen LogP contribution in [0.25, 0.3) is 5.57 Å². The first-order chi connectivity index (χ1) is 14.0. The molecule has 1 aliphatic rings. The monoisotopic (exact) mass is 394 g/mol. The van der Waals surface area contributed by atoms with Gasteiger partial charge in [0, 0.05) is 13.1 Å². The highest BCUT2D eigenvalue weighted by atomic mass is 19.1. The molecule has 3 heterocycles. The molecule has 2 aromatic heterocycles. The number of anilines is 2. The lowest BCUT2D eigenvalue weighted by atomic mass is 9.99. The summed E-state index contributed by atoms with van der Waals surface area (Å²) in [5.74, 6) is -0.337. The maximum atomic E-state index is 13.7. The Balaban J connectivity index is 1.49. The highest BCUT2D eigenvalue weighted by molar-refractivity contribution is 6.03. The number of aromatic nitrogens is 6. The van der Waals surface area contributed by atoms with E-state index < -0.39 is 11.7 Å². The third kappa shape index (κ3) is 3.96. The summed E-state index contributed by atoms with van der Waals surface area (Å²) in [5.41, 5.74) is 2.90. The van der Waals surface area contributed by atoms with Gasteiger partial charge < -0.3 is 10.2 Å². The van der Waals surface area contributed by atoms with Crippen molar-refractivity contribution in [1.82, 2.24) is 30.2 Å². The molecule has 0 aliphatic carbocycles. The van der Waals surface area contributed by atoms with Crippen LogP contribution >= 0.6 is 0 Å². The van der Waals surface area contributed by atoms with Crippen LogP contribution in [0.5, 0.6) is 0 Å². The van der Waals surface area contributed by atoms with Gasteiger partial charge in [0.2, 0.25) is 0 Å². The van der Waals surface area contributed by atoms with Crippen molar-refractivity contribution < 1.29 is 9.18 Å². The Hall–Kier alpha value is -3.69. The smallest absolute Gasteiger partial charge is 0.266 e. The zero-order chi connectivity index (χ0) is 20.4. The van der Waals surface area contributed by atoms with E-state index in [1.54, 1.807) is 19.3 Å². The topological polar surface area (TPSA) is 102 Å². The van der Waals surface area contributed by atoms with E-state index in [1.807, 2.05) is 4.90 Å². The predicted octanol–water partition coefficient (Wildman–Crippen LogP) is 2.08. The molecule has 1 aromatic carbocycles. The number of halogens is 1. The second-order valence-electron chi connectivity index (χ2n) is 6.73. The minimum atomic E-state index is -0.588. The number of benzene rings is 1. The fourth-order valence-corrected chi connectivity index (χ4v) is 3.11. The molecule has 1 aliphatic heterocycles. The predicted molar refractivity (Wildman–Crippen MR) is 105 cm³/mol. The quantitative estimate of drug-likeness (QED) is 0.723. The Morgan fingerprint density at radius 3 is 2.72 bits per heavy atom. The molecule has 0 spiro atoms. The SMILES string of the molecule is CC1=C(c2cnc(NC(=O)c3ccccc3F)cn2)CN(c2nnn(C)n2)CC1. The van der Waals surface area contributed by atoms with Gasteiger partial charge in [-0.05, 0) is 36.3 Å². The van der Waals surface area contributed by atoms with E-state index in [0.717, 1.165) is 18.5 Å². The summed E-state index contributed by atoms with van der Waals surface area (Å²) in [6.45, 7) is 3.45. The first-order valence-corrected chi connectivity index (χ1v) is 9.07. The van der Waals surface area contributed by atoms with E-state index in [-0.39, 0.29) is 11.4 Å². The molecule has 0 bridgehead atoms. The molecule has 0 fully saturated rings. The molecule has 0 saturated heterocycles. The molecular weight excluding hydrogens is 375 g/mol. The summed E-state index contributed by atoms with van der Waals surface area (Å²) in [4.78, 5) is 24.4. The second kappa shape index (κ2) is 7.74. The van der Waals surface area contributed by atoms with Gasteiger partial charge in [0.25, 0.3) is 11.9 Å². The maximum Gasteiger partial charge on any atom is 0.266 e. The highest BCUT2D eigenvalue weighted by Gasteiger charge is 2.22. The number of aryl methyl sites for hydroxylation is 1. The van der Waals surface area contributed by atoms with Crippen LogP contribution < -0.4 is 10.2 Å². The molecule has 4 rings (SSSR count). The van der Waals surface area contributed by atoms with Crippen molar-refractivity contribution in [3.63, 3.8) is 0 Å². The van der Waals surface area contributed by atoms with Crippen molar-refractivity contribution in [1.29, 1.82) is 0 Å². The van der Waals surface area contributed by atoms with Gasteiger partial charge in [0.1, 0.15) is 5.82 Å². The van der Waals surface area contributed by atoms with Gasteiger partial charge in [-0.2, -0.15) is 4.80 Å². The van der Waals surface area contributed by atoms with Gasteiger partial charge in [-0.1, -0.05) is 22.8 Å². The summed E-state index contributed by atoms with van der Waals surface area (Å²) < 4.78 is 13.7. The molecule has 1 N–H and O–H groups in total. The van der Waals surface area contributed by atoms with Gasteiger partial charge in [0.15, 0.2) is 5.82 Å². The lowest BCUT2D eigenvalue weighted by Gasteiger charge is -2.28. The summed E-state index contributed by atoms with van der Waals surface area (Å²) in [5, 5.41) is 14.8. The Kier molecular flexibility index (Phi) is 4.98. The van der Waals surface area contributed by atoms with E-state index in [0.29, 0.717) is 18.2 Å². The van der Waals surface area contributed by atoms with Crippen molar-refractivity contribution in [2.75, 3.05) is 23.3 Å². The van der Waals surface area contributed by atoms with E-state index >= 15 is 0 Å². The number of hydrogen-bond donors (Lipinski definition) is 1. The number of rotatable bonds is 4. The minimum absolute atomic E-state index is 0.0451. The Labute approximate surface area is 166 Å². The molecule has 0 saturated carbocycles. The van der Waals surface area contributed by atoms with Crippen molar-refractivity contribution in [3.05, 3.63) is 59.3 Å². The lowest BCUT2D eigenvalue weighted by Crippen LogP contribution is -2.32. The van der Waals surface area contributed by atoms with Crippen LogP contribution in [0.1, 0.15) is 29.4 Å². The lowest BCUT2D eigenvalue weighted by molar-refractivity contribution is 0.102. The van der Waals surface area contributed by atoms with Crippen LogP contribution in [0.2, 0.25) is 0 Å². The normalized spacial score (nSPS) is 14.2. The third-order valence-electron chi connectivity index (χ3n) is 4.72. The number of amides is 1. The number of hydrogen-bond acceptors (Lipinski definition) is 7. The number of nitrogens with one attached hydrogen (secondary N) is 1. The molecule has 29 heavy (non-hydrogen) atoms. The van der Waals surface area contributed by atoms with Crippen LogP contribution in [-0.2, 0) is 7.05 Å². The zero-order valence-electron chi connectivity index (χ0n) is 16.0. The molecular formula is C19H19FN8O. The Morgan fingerprint density at radius 2 is 2.03 bits per heavy atom. The summed E-state index contributed by atoms with van der Waals surface area (Å²) in [6, 6.07) is 5.78. The third-order valence-corrected chi connectivity index (χ3v) is 4.72. The fourth-order valence-electron chi connectivity index (χ4n) is 3.11. The molecule has 3 aromatic rings. The maximum absolute atomic E-state index is 13.7. The Bertz CT molecular complexity index is 1080. The molecule has 0 atom stereocenters. The number of nitrogens with zero attached hydrogens (tertiary/aromatic N) is 7. The fraction of sp³-hybridized carbons (Fsp3) is 0.263. The van der Waals surface area contributed by atoms with Gasteiger partial charge >= 0.3 is 0 Å². The molecule has 0 radical (unpaired) electrons. The van der Waals surface area contributed by atoms with Gasteiger partial charge in [-0.15, -0.1) is 5.10 Å². The van der Waals surface area contributed by atoms with Gasteiger partial charge in [0.05, 0.1) is 30.7 Å². The average molecular weight is 394 g/mol. The molecule has 148 valence electrons. The molecule has 9 nitrogen and oxygen atoms in total. The Morgan fingerprint density at radius 1 is 1.21 bits per heavy atom. The second-order valence-corrected chi connectivity index (χ2v) is 6.73. The number of carbonyl (C=O) groups is 1. The van der Waals surface area contributed by atoms with E-state index in [4.69, 9.17) is 0 Å². The molecule has 10 heteroatoms. The van der Waals surface area contributed by atoms with Crippen LogP contribution in [0.4, 0.5) is 16.2 Å². The van der Waals surface area contributed by atoms with E-state index in [2.05, 4.69) is 37.6 Å². The van der Waals surface area contributed by atoms with Crippen LogP contribution in [-0.4, -0.2) is 49.2 Å². The van der Waals surface area contributed by atoms with E-state index in [9.17, 15) is 9.18 Å². The van der Waals surface area contributed by atoms with Crippen LogP contribution in [0, 0.1) is 5.82 Å². The summed E-state index contributed by atoms with van der Waals surface area (Å²) >= 11 is 0. The number of tetrazole rings is 1. The molecule has 0 unspecified atom stereocenters. The van der Waals surface area contributed by atoms with Crippen LogP contribution in [0.15, 0.2) is 42.2 Å². The van der Waals surface area contributed by atoms with Crippen molar-refractivity contribution in [3.8, 4) is 0 Å². The van der Waals surface area contributed by atoms with E-state index in [1.165, 1.54) is 34.8 Å². The first-order valence-electron chi connectivity index (χ1n) is 9.07. The number of carbonyl (C=O) groups excluding carboxylic acids is 1. The summed E-state index contributed by atoms with van der Waals surface area (Å²) in [7, 11) is 1.72. The van der Waals surface area contributed by atoms with Crippen molar-refractivity contribution >= 4 is 23.2 Å². The molecule has 1 amide bonds. The minimum Gasteiger partial charge on any atom is -0.333 e. The van der Waals surface area contributed by atoms with Gasteiger partial charge in [-0.25, -0.2) is 9.37 Å². The van der Waals surface area contributed by atoms with Gasteiger partial charge in [-0.3, -0.25) is 9.78 Å².